The number of halogens is 2. The minimum Gasteiger partial charge on any atom is -0.486 e. The standard InChI is InChI=1S/C22H18ClFN4O3/c1-14-17(13-30-19-5-3-2-4-18(19)24)21(27-31-14)22(29)25-20-10-11-28(26-20)12-15-6-8-16(23)9-7-15/h2-11H,12-13H2,1H3,(H,25,26,29). The topological polar surface area (TPSA) is 82.2 Å². The highest BCUT2D eigenvalue weighted by atomic mass is 35.5. The van der Waals surface area contributed by atoms with Gasteiger partial charge in [-0.1, -0.05) is 41.0 Å². The molecule has 0 radical (unpaired) electrons. The molecule has 0 aliphatic rings. The third-order valence-electron chi connectivity index (χ3n) is 4.55. The molecule has 0 fully saturated rings. The van der Waals surface area contributed by atoms with Crippen molar-refractivity contribution >= 4 is 23.3 Å². The predicted octanol–water partition coefficient (Wildman–Crippen LogP) is 4.85. The van der Waals surface area contributed by atoms with Gasteiger partial charge in [-0.05, 0) is 36.8 Å². The zero-order chi connectivity index (χ0) is 21.8. The van der Waals surface area contributed by atoms with Crippen LogP contribution in [-0.2, 0) is 13.2 Å². The number of hydrogen-bond acceptors (Lipinski definition) is 5. The van der Waals surface area contributed by atoms with Gasteiger partial charge in [0.15, 0.2) is 23.1 Å². The van der Waals surface area contributed by atoms with E-state index in [0.717, 1.165) is 5.56 Å². The maximum absolute atomic E-state index is 13.8. The van der Waals surface area contributed by atoms with Crippen LogP contribution in [0.1, 0.15) is 27.4 Å². The van der Waals surface area contributed by atoms with Crippen LogP contribution >= 0.6 is 11.6 Å². The van der Waals surface area contributed by atoms with Crippen LogP contribution in [0.3, 0.4) is 0 Å². The van der Waals surface area contributed by atoms with E-state index in [1.807, 2.05) is 12.1 Å². The Bertz CT molecular complexity index is 1200. The molecule has 1 N–H and O–H groups in total. The fourth-order valence-electron chi connectivity index (χ4n) is 2.92. The summed E-state index contributed by atoms with van der Waals surface area (Å²) in [5.74, 6) is -0.139. The maximum Gasteiger partial charge on any atom is 0.279 e. The van der Waals surface area contributed by atoms with Crippen molar-refractivity contribution < 1.29 is 18.4 Å². The highest BCUT2D eigenvalue weighted by molar-refractivity contribution is 6.30. The Kier molecular flexibility index (Phi) is 5.99. The van der Waals surface area contributed by atoms with Gasteiger partial charge in [0.2, 0.25) is 0 Å². The van der Waals surface area contributed by atoms with E-state index in [0.29, 0.717) is 28.7 Å². The number of aromatic nitrogens is 3. The summed E-state index contributed by atoms with van der Waals surface area (Å²) in [5.41, 5.74) is 1.51. The number of ether oxygens (including phenoxy) is 1. The molecule has 0 saturated heterocycles. The lowest BCUT2D eigenvalue weighted by atomic mass is 10.2. The van der Waals surface area contributed by atoms with Crippen molar-refractivity contribution in [2.45, 2.75) is 20.1 Å². The van der Waals surface area contributed by atoms with Crippen molar-refractivity contribution in [1.29, 1.82) is 0 Å². The fraction of sp³-hybridized carbons (Fsp3) is 0.136. The van der Waals surface area contributed by atoms with Crippen LogP contribution < -0.4 is 10.1 Å². The van der Waals surface area contributed by atoms with E-state index in [4.69, 9.17) is 20.9 Å². The van der Waals surface area contributed by atoms with Crippen molar-refractivity contribution in [3.05, 3.63) is 94.2 Å². The summed E-state index contributed by atoms with van der Waals surface area (Å²) in [6.07, 6.45) is 1.75. The van der Waals surface area contributed by atoms with Crippen molar-refractivity contribution in [2.75, 3.05) is 5.32 Å². The van der Waals surface area contributed by atoms with Gasteiger partial charge in [-0.3, -0.25) is 9.48 Å². The lowest BCUT2D eigenvalue weighted by molar-refractivity contribution is 0.101. The van der Waals surface area contributed by atoms with Crippen LogP contribution in [0.4, 0.5) is 10.2 Å². The zero-order valence-corrected chi connectivity index (χ0v) is 17.3. The molecule has 4 aromatic rings. The number of nitrogens with one attached hydrogen (secondary N) is 1. The minimum atomic E-state index is -0.499. The van der Waals surface area contributed by atoms with E-state index in [1.54, 1.807) is 48.1 Å². The Labute approximate surface area is 182 Å². The first-order valence-corrected chi connectivity index (χ1v) is 9.79. The smallest absolute Gasteiger partial charge is 0.279 e. The molecule has 31 heavy (non-hydrogen) atoms. The summed E-state index contributed by atoms with van der Waals surface area (Å²) < 4.78 is 26.1. The van der Waals surface area contributed by atoms with E-state index in [2.05, 4.69) is 15.6 Å². The number of aryl methyl sites for hydroxylation is 1. The Morgan fingerprint density at radius 1 is 1.19 bits per heavy atom. The van der Waals surface area contributed by atoms with Gasteiger partial charge < -0.3 is 14.6 Å². The Balaban J connectivity index is 1.43. The summed E-state index contributed by atoms with van der Waals surface area (Å²) in [5, 5.41) is 11.5. The summed E-state index contributed by atoms with van der Waals surface area (Å²) in [7, 11) is 0. The lowest BCUT2D eigenvalue weighted by Crippen LogP contribution is -2.16. The quantitative estimate of drug-likeness (QED) is 0.444. The van der Waals surface area contributed by atoms with Crippen molar-refractivity contribution in [2.24, 2.45) is 0 Å². The predicted molar refractivity (Wildman–Crippen MR) is 113 cm³/mol. The second kappa shape index (κ2) is 9.01. The average Bonchev–Trinajstić information content (AvgIpc) is 3.35. The highest BCUT2D eigenvalue weighted by Gasteiger charge is 2.21. The molecule has 0 bridgehead atoms. The molecule has 0 spiro atoms. The van der Waals surface area contributed by atoms with Gasteiger partial charge in [-0.15, -0.1) is 0 Å². The highest BCUT2D eigenvalue weighted by Crippen LogP contribution is 2.21. The SMILES string of the molecule is Cc1onc(C(=O)Nc2ccn(Cc3ccc(Cl)cc3)n2)c1COc1ccccc1F. The molecule has 158 valence electrons. The minimum absolute atomic E-state index is 0.0566. The third kappa shape index (κ3) is 4.92. The van der Waals surface area contributed by atoms with Crippen LogP contribution in [-0.4, -0.2) is 20.8 Å². The van der Waals surface area contributed by atoms with Gasteiger partial charge in [0.05, 0.1) is 12.1 Å². The number of carbonyl (C=O) groups excluding carboxylic acids is 1. The molecule has 9 heteroatoms. The van der Waals surface area contributed by atoms with Crippen molar-refractivity contribution in [3.8, 4) is 5.75 Å². The molecular formula is C22H18ClFN4O3. The summed E-state index contributed by atoms with van der Waals surface area (Å²) >= 11 is 5.90. The summed E-state index contributed by atoms with van der Waals surface area (Å²) in [4.78, 5) is 12.7. The largest absolute Gasteiger partial charge is 0.486 e. The van der Waals surface area contributed by atoms with Gasteiger partial charge in [-0.25, -0.2) is 4.39 Å². The monoisotopic (exact) mass is 440 g/mol. The second-order valence-corrected chi connectivity index (χ2v) is 7.20. The first-order valence-electron chi connectivity index (χ1n) is 9.41. The van der Waals surface area contributed by atoms with Gasteiger partial charge in [0.1, 0.15) is 12.4 Å². The second-order valence-electron chi connectivity index (χ2n) is 6.76. The van der Waals surface area contributed by atoms with Crippen LogP contribution in [0, 0.1) is 12.7 Å². The van der Waals surface area contributed by atoms with Gasteiger partial charge in [-0.2, -0.15) is 5.10 Å². The fourth-order valence-corrected chi connectivity index (χ4v) is 3.05. The first-order chi connectivity index (χ1) is 15.0. The van der Waals surface area contributed by atoms with Gasteiger partial charge >= 0.3 is 0 Å². The number of anilines is 1. The van der Waals surface area contributed by atoms with Crippen molar-refractivity contribution in [1.82, 2.24) is 14.9 Å². The van der Waals surface area contributed by atoms with Crippen molar-refractivity contribution in [3.63, 3.8) is 0 Å². The number of hydrogen-bond donors (Lipinski definition) is 1. The zero-order valence-electron chi connectivity index (χ0n) is 16.5. The van der Waals surface area contributed by atoms with E-state index in [1.165, 1.54) is 12.1 Å². The van der Waals surface area contributed by atoms with Crippen LogP contribution in [0.5, 0.6) is 5.75 Å². The van der Waals surface area contributed by atoms with Crippen LogP contribution in [0.25, 0.3) is 0 Å². The normalized spacial score (nSPS) is 10.8. The van der Waals surface area contributed by atoms with Gasteiger partial charge in [0, 0.05) is 17.3 Å². The maximum atomic E-state index is 13.8. The molecule has 7 nitrogen and oxygen atoms in total. The average molecular weight is 441 g/mol. The Hall–Kier alpha value is -3.65. The Morgan fingerprint density at radius 2 is 1.97 bits per heavy atom. The molecule has 0 saturated carbocycles. The first kappa shape index (κ1) is 20.6. The number of para-hydroxylation sites is 1. The van der Waals surface area contributed by atoms with Crippen LogP contribution in [0.15, 0.2) is 65.3 Å². The molecular weight excluding hydrogens is 423 g/mol. The summed E-state index contributed by atoms with van der Waals surface area (Å²) in [6.45, 7) is 2.12. The van der Waals surface area contributed by atoms with E-state index in [-0.39, 0.29) is 18.1 Å². The molecule has 1 amide bonds. The number of benzene rings is 2. The Morgan fingerprint density at radius 3 is 2.74 bits per heavy atom. The molecule has 2 aromatic heterocycles. The van der Waals surface area contributed by atoms with Gasteiger partial charge in [0.25, 0.3) is 5.91 Å². The molecule has 4 rings (SSSR count). The molecule has 2 aromatic carbocycles. The number of carbonyl (C=O) groups is 1. The number of rotatable bonds is 7. The van der Waals surface area contributed by atoms with E-state index >= 15 is 0 Å². The third-order valence-corrected chi connectivity index (χ3v) is 4.80. The van der Waals surface area contributed by atoms with E-state index in [9.17, 15) is 9.18 Å². The molecule has 2 heterocycles. The lowest BCUT2D eigenvalue weighted by Gasteiger charge is -2.07. The molecule has 0 unspecified atom stereocenters. The summed E-state index contributed by atoms with van der Waals surface area (Å²) in [6, 6.07) is 15.1. The number of amides is 1. The molecule has 0 aliphatic carbocycles. The van der Waals surface area contributed by atoms with Crippen LogP contribution in [0.2, 0.25) is 5.02 Å². The molecule has 0 atom stereocenters. The van der Waals surface area contributed by atoms with E-state index < -0.39 is 11.7 Å². The number of nitrogens with zero attached hydrogens (tertiary/aromatic N) is 3. The molecule has 0 aliphatic heterocycles.